The van der Waals surface area contributed by atoms with Crippen molar-refractivity contribution in [2.75, 3.05) is 6.54 Å². The first-order valence-corrected chi connectivity index (χ1v) is 8.77. The van der Waals surface area contributed by atoms with E-state index in [1.54, 1.807) is 12.4 Å². The Labute approximate surface area is 152 Å². The van der Waals surface area contributed by atoms with E-state index in [9.17, 15) is 4.79 Å². The molecule has 6 heteroatoms. The van der Waals surface area contributed by atoms with Crippen molar-refractivity contribution in [3.63, 3.8) is 0 Å². The zero-order valence-corrected chi connectivity index (χ0v) is 15.0. The number of amides is 1. The Morgan fingerprint density at radius 1 is 1.15 bits per heavy atom. The lowest BCUT2D eigenvalue weighted by Gasteiger charge is -2.34. The third-order valence-corrected chi connectivity index (χ3v) is 4.79. The van der Waals surface area contributed by atoms with Gasteiger partial charge in [-0.3, -0.25) is 9.78 Å². The second-order valence-corrected chi connectivity index (χ2v) is 6.81. The van der Waals surface area contributed by atoms with Gasteiger partial charge in [0.25, 0.3) is 5.91 Å². The summed E-state index contributed by atoms with van der Waals surface area (Å²) in [6.45, 7) is 5.01. The van der Waals surface area contributed by atoms with Crippen LogP contribution in [0, 0.1) is 13.8 Å². The minimum Gasteiger partial charge on any atom is -0.329 e. The molecule has 3 heterocycles. The number of hydrogen-bond acceptors (Lipinski definition) is 4. The summed E-state index contributed by atoms with van der Waals surface area (Å²) < 4.78 is 2.17. The molecule has 3 aromatic rings. The van der Waals surface area contributed by atoms with E-state index >= 15 is 0 Å². The second-order valence-electron chi connectivity index (χ2n) is 6.81. The molecule has 4 rings (SSSR count). The van der Waals surface area contributed by atoms with Gasteiger partial charge in [0.2, 0.25) is 0 Å². The van der Waals surface area contributed by atoms with Crippen LogP contribution in [0.1, 0.15) is 39.2 Å². The summed E-state index contributed by atoms with van der Waals surface area (Å²) in [6, 6.07) is 12.3. The van der Waals surface area contributed by atoms with Crippen LogP contribution < -0.4 is 0 Å². The van der Waals surface area contributed by atoms with Gasteiger partial charge in [0.15, 0.2) is 5.82 Å². The summed E-state index contributed by atoms with van der Waals surface area (Å²) in [5.41, 5.74) is 2.84. The number of benzene rings is 1. The van der Waals surface area contributed by atoms with Crippen molar-refractivity contribution in [2.24, 2.45) is 0 Å². The largest absolute Gasteiger partial charge is 0.329 e. The van der Waals surface area contributed by atoms with Crippen molar-refractivity contribution in [1.82, 2.24) is 24.6 Å². The molecule has 0 aliphatic carbocycles. The van der Waals surface area contributed by atoms with Gasteiger partial charge in [0.1, 0.15) is 5.82 Å². The van der Waals surface area contributed by atoms with Crippen LogP contribution in [0.3, 0.4) is 0 Å². The van der Waals surface area contributed by atoms with Crippen LogP contribution in [-0.2, 0) is 13.0 Å². The highest BCUT2D eigenvalue weighted by Crippen LogP contribution is 2.26. The van der Waals surface area contributed by atoms with Crippen molar-refractivity contribution < 1.29 is 4.79 Å². The Balaban J connectivity index is 1.64. The maximum atomic E-state index is 13.0. The predicted molar refractivity (Wildman–Crippen MR) is 97.7 cm³/mol. The number of fused-ring (bicyclic) bond motifs is 1. The number of aryl methyl sites for hydroxylation is 2. The molecule has 1 atom stereocenters. The highest BCUT2D eigenvalue weighted by atomic mass is 16.2. The van der Waals surface area contributed by atoms with Crippen LogP contribution in [0.5, 0.6) is 0 Å². The maximum absolute atomic E-state index is 13.0. The number of hydrogen-bond donors (Lipinski definition) is 0. The van der Waals surface area contributed by atoms with Gasteiger partial charge in [-0.05, 0) is 37.5 Å². The number of nitrogens with zero attached hydrogens (tertiary/aromatic N) is 5. The average molecular weight is 347 g/mol. The predicted octanol–water partition coefficient (Wildman–Crippen LogP) is 2.73. The Bertz CT molecular complexity index is 934. The van der Waals surface area contributed by atoms with Gasteiger partial charge in [-0.1, -0.05) is 30.3 Å². The topological polar surface area (TPSA) is 63.9 Å². The highest BCUT2D eigenvalue weighted by Gasteiger charge is 2.31. The Kier molecular flexibility index (Phi) is 4.24. The summed E-state index contributed by atoms with van der Waals surface area (Å²) >= 11 is 0. The number of pyridine rings is 1. The van der Waals surface area contributed by atoms with Crippen LogP contribution in [0.4, 0.5) is 0 Å². The number of carbonyl (C=O) groups is 1. The third-order valence-electron chi connectivity index (χ3n) is 4.79. The molecule has 0 saturated carbocycles. The summed E-state index contributed by atoms with van der Waals surface area (Å²) in [7, 11) is 0. The number of aromatic nitrogens is 4. The normalized spacial score (nSPS) is 16.4. The summed E-state index contributed by atoms with van der Waals surface area (Å²) in [4.78, 5) is 19.0. The first-order valence-electron chi connectivity index (χ1n) is 8.77. The van der Waals surface area contributed by atoms with Crippen LogP contribution >= 0.6 is 0 Å². The van der Waals surface area contributed by atoms with Crippen LogP contribution in [0.25, 0.3) is 0 Å². The molecule has 0 N–H and O–H groups in total. The van der Waals surface area contributed by atoms with Crippen LogP contribution in [0.15, 0.2) is 48.8 Å². The van der Waals surface area contributed by atoms with Gasteiger partial charge in [0.05, 0.1) is 18.2 Å². The Hall–Kier alpha value is -3.02. The van der Waals surface area contributed by atoms with Gasteiger partial charge in [-0.15, -0.1) is 10.2 Å². The lowest BCUT2D eigenvalue weighted by Crippen LogP contribution is -2.42. The number of rotatable bonds is 3. The monoisotopic (exact) mass is 347 g/mol. The molecule has 1 aliphatic rings. The molecule has 1 aliphatic heterocycles. The molecule has 2 aromatic heterocycles. The van der Waals surface area contributed by atoms with Crippen LogP contribution in [0.2, 0.25) is 0 Å². The molecule has 1 aromatic carbocycles. The van der Waals surface area contributed by atoms with Crippen molar-refractivity contribution in [3.8, 4) is 0 Å². The van der Waals surface area contributed by atoms with Gasteiger partial charge >= 0.3 is 0 Å². The van der Waals surface area contributed by atoms with Gasteiger partial charge in [-0.2, -0.15) is 0 Å². The summed E-state index contributed by atoms with van der Waals surface area (Å²) in [5, 5.41) is 8.53. The lowest BCUT2D eigenvalue weighted by molar-refractivity contribution is 0.0671. The van der Waals surface area contributed by atoms with E-state index in [1.807, 2.05) is 43.0 Å². The molecule has 0 saturated heterocycles. The van der Waals surface area contributed by atoms with E-state index in [0.29, 0.717) is 18.7 Å². The zero-order chi connectivity index (χ0) is 18.1. The van der Waals surface area contributed by atoms with Crippen LogP contribution in [-0.4, -0.2) is 37.1 Å². The molecule has 132 valence electrons. The summed E-state index contributed by atoms with van der Waals surface area (Å²) in [6.07, 6.45) is 4.22. The molecule has 0 fully saturated rings. The van der Waals surface area contributed by atoms with Crippen molar-refractivity contribution in [2.45, 2.75) is 32.9 Å². The SMILES string of the molecule is Cc1cncc(C(=O)N2Cc3nnc(C)n3[C@H](Cc3ccccc3)C2)c1. The first-order chi connectivity index (χ1) is 12.6. The Morgan fingerprint density at radius 3 is 2.73 bits per heavy atom. The molecule has 1 amide bonds. The van der Waals surface area contributed by atoms with Crippen molar-refractivity contribution in [1.29, 1.82) is 0 Å². The molecular weight excluding hydrogens is 326 g/mol. The molecular formula is C20H21N5O. The first kappa shape index (κ1) is 16.4. The standard InChI is InChI=1S/C20H21N5O/c1-14-8-17(11-21-10-14)20(26)24-12-18(9-16-6-4-3-5-7-16)25-15(2)22-23-19(25)13-24/h3-8,10-11,18H,9,12-13H2,1-2H3/t18-/m1/s1. The van der Waals surface area contributed by atoms with Crippen molar-refractivity contribution >= 4 is 5.91 Å². The second kappa shape index (κ2) is 6.71. The average Bonchev–Trinajstić information content (AvgIpc) is 3.03. The maximum Gasteiger partial charge on any atom is 0.255 e. The van der Waals surface area contributed by atoms with E-state index in [2.05, 4.69) is 31.9 Å². The van der Waals surface area contributed by atoms with E-state index in [-0.39, 0.29) is 11.9 Å². The third kappa shape index (κ3) is 3.10. The fourth-order valence-corrected chi connectivity index (χ4v) is 3.62. The summed E-state index contributed by atoms with van der Waals surface area (Å²) in [5.74, 6) is 1.72. The van der Waals surface area contributed by atoms with Gasteiger partial charge in [-0.25, -0.2) is 0 Å². The van der Waals surface area contributed by atoms with E-state index in [1.165, 1.54) is 5.56 Å². The fraction of sp³-hybridized carbons (Fsp3) is 0.300. The molecule has 0 bridgehead atoms. The smallest absolute Gasteiger partial charge is 0.255 e. The van der Waals surface area contributed by atoms with Crippen molar-refractivity contribution in [3.05, 3.63) is 77.1 Å². The van der Waals surface area contributed by atoms with E-state index in [0.717, 1.165) is 23.6 Å². The Morgan fingerprint density at radius 2 is 1.96 bits per heavy atom. The van der Waals surface area contributed by atoms with E-state index in [4.69, 9.17) is 0 Å². The lowest BCUT2D eigenvalue weighted by atomic mass is 10.0. The molecule has 0 unspecified atom stereocenters. The molecule has 6 nitrogen and oxygen atoms in total. The van der Waals surface area contributed by atoms with Gasteiger partial charge in [0, 0.05) is 18.9 Å². The highest BCUT2D eigenvalue weighted by molar-refractivity contribution is 5.94. The van der Waals surface area contributed by atoms with E-state index < -0.39 is 0 Å². The number of carbonyl (C=O) groups excluding carboxylic acids is 1. The molecule has 0 spiro atoms. The zero-order valence-electron chi connectivity index (χ0n) is 15.0. The minimum atomic E-state index is -0.00818. The molecule has 0 radical (unpaired) electrons. The molecule has 26 heavy (non-hydrogen) atoms. The van der Waals surface area contributed by atoms with Gasteiger partial charge < -0.3 is 9.47 Å². The quantitative estimate of drug-likeness (QED) is 0.731. The minimum absolute atomic E-state index is 0.00818. The fourth-order valence-electron chi connectivity index (χ4n) is 3.62.